The molecule has 1 saturated heterocycles. The molecule has 3 rings (SSSR count). The van der Waals surface area contributed by atoms with Crippen molar-refractivity contribution >= 4 is 29.2 Å². The Labute approximate surface area is 95.7 Å². The van der Waals surface area contributed by atoms with Gasteiger partial charge in [0.05, 0.1) is 5.69 Å². The zero-order valence-electron chi connectivity index (χ0n) is 8.56. The maximum absolute atomic E-state index is 12.1. The molecule has 6 nitrogen and oxygen atoms in total. The average Bonchev–Trinajstić information content (AvgIpc) is 2.28. The standard InChI is InChI=1S/C11H7N3O3/c15-8-5-3-1-2-4-6(5)12-9-7(8)10(16)14-11(17)13-9/h1-4,7H,(H2,12,13,14,16,17). The van der Waals surface area contributed by atoms with Gasteiger partial charge in [0.1, 0.15) is 5.84 Å². The quantitative estimate of drug-likeness (QED) is 0.630. The molecule has 1 atom stereocenters. The highest BCUT2D eigenvalue weighted by Crippen LogP contribution is 2.28. The number of nitrogens with zero attached hydrogens (tertiary/aromatic N) is 1. The van der Waals surface area contributed by atoms with Gasteiger partial charge in [0.2, 0.25) is 5.91 Å². The number of hydrogen-bond donors (Lipinski definition) is 2. The highest BCUT2D eigenvalue weighted by molar-refractivity contribution is 6.33. The number of urea groups is 1. The molecular formula is C11H7N3O3. The maximum atomic E-state index is 12.1. The number of hydrogen-bond acceptors (Lipinski definition) is 4. The zero-order chi connectivity index (χ0) is 12.0. The molecule has 0 saturated carbocycles. The van der Waals surface area contributed by atoms with Gasteiger partial charge in [-0.05, 0) is 12.1 Å². The minimum absolute atomic E-state index is 0.0995. The van der Waals surface area contributed by atoms with E-state index in [0.29, 0.717) is 11.3 Å². The Morgan fingerprint density at radius 3 is 2.65 bits per heavy atom. The van der Waals surface area contributed by atoms with E-state index in [4.69, 9.17) is 0 Å². The molecule has 0 spiro atoms. The lowest BCUT2D eigenvalue weighted by atomic mass is 9.91. The lowest BCUT2D eigenvalue weighted by Gasteiger charge is -2.26. The summed E-state index contributed by atoms with van der Waals surface area (Å²) in [5.41, 5.74) is 0.867. The molecule has 3 amide bonds. The molecule has 1 fully saturated rings. The van der Waals surface area contributed by atoms with Crippen LogP contribution < -0.4 is 10.6 Å². The number of carbonyl (C=O) groups excluding carboxylic acids is 3. The van der Waals surface area contributed by atoms with E-state index < -0.39 is 17.9 Å². The first-order valence-corrected chi connectivity index (χ1v) is 5.00. The van der Waals surface area contributed by atoms with Gasteiger partial charge in [-0.3, -0.25) is 20.2 Å². The van der Waals surface area contributed by atoms with Crippen LogP contribution in [0.4, 0.5) is 10.5 Å². The number of imide groups is 1. The van der Waals surface area contributed by atoms with Crippen LogP contribution in [-0.4, -0.2) is 23.6 Å². The number of amides is 3. The number of amidine groups is 1. The van der Waals surface area contributed by atoms with E-state index in [1.807, 2.05) is 5.32 Å². The third-order valence-corrected chi connectivity index (χ3v) is 2.69. The van der Waals surface area contributed by atoms with Crippen LogP contribution in [0.1, 0.15) is 10.4 Å². The number of carbonyl (C=O) groups is 3. The predicted molar refractivity (Wildman–Crippen MR) is 58.0 cm³/mol. The topological polar surface area (TPSA) is 87.6 Å². The fraction of sp³-hybridized carbons (Fsp3) is 0.0909. The summed E-state index contributed by atoms with van der Waals surface area (Å²) < 4.78 is 0. The Morgan fingerprint density at radius 2 is 1.82 bits per heavy atom. The zero-order valence-corrected chi connectivity index (χ0v) is 8.56. The van der Waals surface area contributed by atoms with Crippen molar-refractivity contribution in [2.45, 2.75) is 0 Å². The van der Waals surface area contributed by atoms with Crippen molar-refractivity contribution in [1.29, 1.82) is 0 Å². The van der Waals surface area contributed by atoms with E-state index in [-0.39, 0.29) is 11.6 Å². The van der Waals surface area contributed by atoms with Crippen molar-refractivity contribution < 1.29 is 14.4 Å². The molecule has 0 radical (unpaired) electrons. The first kappa shape index (κ1) is 9.71. The van der Waals surface area contributed by atoms with E-state index in [0.717, 1.165) is 0 Å². The van der Waals surface area contributed by atoms with Crippen LogP contribution in [0, 0.1) is 5.92 Å². The monoisotopic (exact) mass is 229 g/mol. The summed E-state index contributed by atoms with van der Waals surface area (Å²) in [7, 11) is 0. The Bertz CT molecular complexity index is 591. The summed E-state index contributed by atoms with van der Waals surface area (Å²) in [6, 6.07) is 6.06. The van der Waals surface area contributed by atoms with Crippen molar-refractivity contribution in [3.63, 3.8) is 0 Å². The second kappa shape index (κ2) is 3.24. The number of aliphatic imine (C=N–C) groups is 1. The number of Topliss-reactive ketones (excluding diaryl/α,β-unsaturated/α-hetero) is 1. The van der Waals surface area contributed by atoms with Gasteiger partial charge in [-0.15, -0.1) is 0 Å². The number of nitrogens with one attached hydrogen (secondary N) is 2. The Balaban J connectivity index is 2.17. The molecule has 1 aromatic carbocycles. The second-order valence-electron chi connectivity index (χ2n) is 3.75. The number of ketones is 1. The van der Waals surface area contributed by atoms with Crippen molar-refractivity contribution in [3.05, 3.63) is 29.8 Å². The van der Waals surface area contributed by atoms with Gasteiger partial charge >= 0.3 is 6.03 Å². The minimum Gasteiger partial charge on any atom is -0.294 e. The van der Waals surface area contributed by atoms with Crippen LogP contribution >= 0.6 is 0 Å². The highest BCUT2D eigenvalue weighted by Gasteiger charge is 2.41. The van der Waals surface area contributed by atoms with Crippen LogP contribution in [0.15, 0.2) is 29.3 Å². The molecule has 0 aliphatic carbocycles. The number of rotatable bonds is 0. The van der Waals surface area contributed by atoms with E-state index in [9.17, 15) is 14.4 Å². The van der Waals surface area contributed by atoms with Gasteiger partial charge < -0.3 is 0 Å². The van der Waals surface area contributed by atoms with Crippen LogP contribution in [-0.2, 0) is 4.79 Å². The summed E-state index contributed by atoms with van der Waals surface area (Å²) in [6.45, 7) is 0. The molecule has 1 unspecified atom stereocenters. The number of benzene rings is 1. The van der Waals surface area contributed by atoms with Crippen LogP contribution in [0.3, 0.4) is 0 Å². The molecule has 17 heavy (non-hydrogen) atoms. The van der Waals surface area contributed by atoms with Crippen LogP contribution in [0.2, 0.25) is 0 Å². The van der Waals surface area contributed by atoms with E-state index in [2.05, 4.69) is 10.3 Å². The third-order valence-electron chi connectivity index (χ3n) is 2.69. The molecular weight excluding hydrogens is 222 g/mol. The van der Waals surface area contributed by atoms with Crippen molar-refractivity contribution in [2.75, 3.05) is 0 Å². The molecule has 84 valence electrons. The number of fused-ring (bicyclic) bond motifs is 2. The van der Waals surface area contributed by atoms with Gasteiger partial charge in [-0.1, -0.05) is 12.1 Å². The second-order valence-corrected chi connectivity index (χ2v) is 3.75. The largest absolute Gasteiger partial charge is 0.326 e. The van der Waals surface area contributed by atoms with Crippen LogP contribution in [0.5, 0.6) is 0 Å². The molecule has 2 N–H and O–H groups in total. The summed E-state index contributed by atoms with van der Waals surface area (Å²) in [4.78, 5) is 38.9. The normalized spacial score (nSPS) is 22.0. The highest BCUT2D eigenvalue weighted by atomic mass is 16.2. The molecule has 0 bridgehead atoms. The van der Waals surface area contributed by atoms with Gasteiger partial charge in [-0.25, -0.2) is 9.79 Å². The van der Waals surface area contributed by atoms with Crippen LogP contribution in [0.25, 0.3) is 0 Å². The molecule has 2 aliphatic rings. The Kier molecular flexibility index (Phi) is 1.85. The van der Waals surface area contributed by atoms with Gasteiger partial charge in [0.25, 0.3) is 0 Å². The summed E-state index contributed by atoms with van der Waals surface area (Å²) in [6.07, 6.45) is 0. The predicted octanol–water partition coefficient (Wildman–Crippen LogP) is 0.369. The lowest BCUT2D eigenvalue weighted by molar-refractivity contribution is -0.121. The molecule has 1 aromatic rings. The molecule has 2 aliphatic heterocycles. The summed E-state index contributed by atoms with van der Waals surface area (Å²) >= 11 is 0. The minimum atomic E-state index is -1.04. The Morgan fingerprint density at radius 1 is 1.06 bits per heavy atom. The van der Waals surface area contributed by atoms with Gasteiger partial charge in [-0.2, -0.15) is 0 Å². The van der Waals surface area contributed by atoms with Crippen molar-refractivity contribution in [2.24, 2.45) is 10.9 Å². The third kappa shape index (κ3) is 1.34. The Hall–Kier alpha value is -2.50. The van der Waals surface area contributed by atoms with Crippen molar-refractivity contribution in [3.8, 4) is 0 Å². The smallest absolute Gasteiger partial charge is 0.294 e. The average molecular weight is 229 g/mol. The fourth-order valence-electron chi connectivity index (χ4n) is 1.93. The lowest BCUT2D eigenvalue weighted by Crippen LogP contribution is -2.58. The fourth-order valence-corrected chi connectivity index (χ4v) is 1.93. The van der Waals surface area contributed by atoms with E-state index in [1.54, 1.807) is 24.3 Å². The first-order valence-electron chi connectivity index (χ1n) is 5.00. The first-order chi connectivity index (χ1) is 8.16. The number of para-hydroxylation sites is 1. The SMILES string of the molecule is O=C1NC(=O)C2C(=O)c3ccccc3N=C2N1. The summed E-state index contributed by atoms with van der Waals surface area (Å²) in [5, 5.41) is 4.43. The van der Waals surface area contributed by atoms with Gasteiger partial charge in [0, 0.05) is 5.56 Å². The molecule has 6 heteroatoms. The summed E-state index contributed by atoms with van der Waals surface area (Å²) in [5.74, 6) is -1.92. The van der Waals surface area contributed by atoms with E-state index in [1.165, 1.54) is 0 Å². The van der Waals surface area contributed by atoms with Gasteiger partial charge in [0.15, 0.2) is 11.7 Å². The molecule has 2 heterocycles. The van der Waals surface area contributed by atoms with E-state index >= 15 is 0 Å². The van der Waals surface area contributed by atoms with Crippen molar-refractivity contribution in [1.82, 2.24) is 10.6 Å². The molecule has 0 aromatic heterocycles. The maximum Gasteiger partial charge on any atom is 0.326 e.